The molecule has 10 heteroatoms. The van der Waals surface area contributed by atoms with E-state index in [9.17, 15) is 29.4 Å². The molecule has 3 amide bonds. The first kappa shape index (κ1) is 21.7. The molecule has 1 aromatic carbocycles. The lowest BCUT2D eigenvalue weighted by Gasteiger charge is -2.20. The maximum Gasteiger partial charge on any atom is 0.340 e. The summed E-state index contributed by atoms with van der Waals surface area (Å²) < 4.78 is 5.21. The van der Waals surface area contributed by atoms with Crippen molar-refractivity contribution >= 4 is 28.9 Å². The summed E-state index contributed by atoms with van der Waals surface area (Å²) >= 11 is 0. The molecule has 0 aliphatic heterocycles. The Balaban J connectivity index is 2.16. The second kappa shape index (κ2) is 9.09. The van der Waals surface area contributed by atoms with Crippen LogP contribution in [0.5, 0.6) is 5.75 Å². The third-order valence-electron chi connectivity index (χ3n) is 4.43. The molecule has 0 radical (unpaired) electrons. The molecular weight excluding hydrogens is 382 g/mol. The van der Waals surface area contributed by atoms with E-state index in [1.54, 1.807) is 19.9 Å². The van der Waals surface area contributed by atoms with Crippen LogP contribution >= 0.6 is 0 Å². The van der Waals surface area contributed by atoms with Crippen molar-refractivity contribution in [2.45, 2.75) is 39.2 Å². The molecule has 1 atom stereocenters. The minimum absolute atomic E-state index is 0.000270. The van der Waals surface area contributed by atoms with Crippen LogP contribution in [0.1, 0.15) is 29.5 Å². The van der Waals surface area contributed by atoms with E-state index in [0.29, 0.717) is 16.5 Å². The number of carbonyl (C=O) groups is 3. The maximum absolute atomic E-state index is 12.3. The summed E-state index contributed by atoms with van der Waals surface area (Å²) in [4.78, 5) is 46.5. The largest absolute Gasteiger partial charge is 0.548 e. The SMILES string of the molecule is Cc1cc(O)c2c(C)c(CC(=O)N[C@@H](CCCNC(N)=O)C(=O)[O-])c(=O)oc2c1. The molecule has 0 aliphatic rings. The zero-order valence-electron chi connectivity index (χ0n) is 16.0. The molecule has 0 bridgehead atoms. The number of carboxylic acid groups (broad SMARTS) is 1. The normalized spacial score (nSPS) is 11.8. The molecular formula is C19H22N3O7-. The summed E-state index contributed by atoms with van der Waals surface area (Å²) in [5.41, 5.74) is 5.46. The molecule has 29 heavy (non-hydrogen) atoms. The van der Waals surface area contributed by atoms with Gasteiger partial charge in [-0.15, -0.1) is 0 Å². The number of aryl methyl sites for hydroxylation is 2. The van der Waals surface area contributed by atoms with Gasteiger partial charge in [0.1, 0.15) is 11.3 Å². The van der Waals surface area contributed by atoms with Crippen molar-refractivity contribution in [1.82, 2.24) is 10.6 Å². The fraction of sp³-hybridized carbons (Fsp3) is 0.368. The lowest BCUT2D eigenvalue weighted by molar-refractivity contribution is -0.308. The second-order valence-electron chi connectivity index (χ2n) is 6.70. The minimum Gasteiger partial charge on any atom is -0.548 e. The van der Waals surface area contributed by atoms with E-state index < -0.39 is 36.0 Å². The van der Waals surface area contributed by atoms with Crippen molar-refractivity contribution in [3.8, 4) is 5.75 Å². The number of phenolic OH excluding ortho intramolecular Hbond substituents is 1. The predicted octanol–water partition coefficient (Wildman–Crippen LogP) is -0.659. The van der Waals surface area contributed by atoms with Crippen LogP contribution in [0.4, 0.5) is 4.79 Å². The third kappa shape index (κ3) is 5.47. The highest BCUT2D eigenvalue weighted by molar-refractivity contribution is 5.90. The Morgan fingerprint density at radius 1 is 1.28 bits per heavy atom. The molecule has 0 spiro atoms. The van der Waals surface area contributed by atoms with Gasteiger partial charge in [-0.05, 0) is 49.9 Å². The van der Waals surface area contributed by atoms with Gasteiger partial charge in [-0.1, -0.05) is 0 Å². The van der Waals surface area contributed by atoms with E-state index in [1.807, 2.05) is 0 Å². The third-order valence-corrected chi connectivity index (χ3v) is 4.43. The van der Waals surface area contributed by atoms with E-state index in [1.165, 1.54) is 6.07 Å². The summed E-state index contributed by atoms with van der Waals surface area (Å²) in [7, 11) is 0. The first-order valence-electron chi connectivity index (χ1n) is 8.89. The monoisotopic (exact) mass is 404 g/mol. The van der Waals surface area contributed by atoms with Gasteiger partial charge in [-0.2, -0.15) is 0 Å². The standard InChI is InChI=1S/C19H23N3O7/c1-9-6-13(23)16-10(2)11(18(27)29-14(16)7-9)8-15(24)22-12(17(25)26)4-3-5-21-19(20)28/h6-7,12,23H,3-5,8H2,1-2H3,(H,22,24)(H,25,26)(H3,20,21,28)/p-1/t12-/m0/s1. The number of urea groups is 1. The highest BCUT2D eigenvalue weighted by Crippen LogP contribution is 2.29. The van der Waals surface area contributed by atoms with Crippen LogP contribution < -0.4 is 27.1 Å². The molecule has 0 fully saturated rings. The number of nitrogens with two attached hydrogens (primary N) is 1. The Morgan fingerprint density at radius 3 is 2.59 bits per heavy atom. The number of hydrogen-bond acceptors (Lipinski definition) is 7. The molecule has 10 nitrogen and oxygen atoms in total. The Bertz CT molecular complexity index is 1010. The summed E-state index contributed by atoms with van der Waals surface area (Å²) in [6.45, 7) is 3.44. The Morgan fingerprint density at radius 2 is 1.97 bits per heavy atom. The summed E-state index contributed by atoms with van der Waals surface area (Å²) in [5, 5.41) is 26.3. The molecule has 0 saturated heterocycles. The number of carboxylic acids is 1. The molecule has 0 saturated carbocycles. The lowest BCUT2D eigenvalue weighted by Crippen LogP contribution is -2.48. The summed E-state index contributed by atoms with van der Waals surface area (Å²) in [5.74, 6) is -2.30. The van der Waals surface area contributed by atoms with Crippen molar-refractivity contribution < 1.29 is 29.0 Å². The van der Waals surface area contributed by atoms with Crippen LogP contribution in [0.25, 0.3) is 11.0 Å². The van der Waals surface area contributed by atoms with E-state index >= 15 is 0 Å². The van der Waals surface area contributed by atoms with Crippen LogP contribution in [-0.4, -0.2) is 35.6 Å². The van der Waals surface area contributed by atoms with Gasteiger partial charge in [0.05, 0.1) is 29.4 Å². The predicted molar refractivity (Wildman–Crippen MR) is 101 cm³/mol. The van der Waals surface area contributed by atoms with Gasteiger partial charge in [-0.3, -0.25) is 4.79 Å². The van der Waals surface area contributed by atoms with E-state index in [2.05, 4.69) is 10.6 Å². The van der Waals surface area contributed by atoms with Gasteiger partial charge >= 0.3 is 11.7 Å². The van der Waals surface area contributed by atoms with E-state index in [4.69, 9.17) is 10.2 Å². The average molecular weight is 404 g/mol. The lowest BCUT2D eigenvalue weighted by atomic mass is 10.0. The number of amides is 3. The second-order valence-corrected chi connectivity index (χ2v) is 6.70. The number of primary amides is 1. The zero-order valence-corrected chi connectivity index (χ0v) is 16.0. The van der Waals surface area contributed by atoms with Crippen LogP contribution in [-0.2, 0) is 16.0 Å². The Labute approximate surface area is 165 Å². The summed E-state index contributed by atoms with van der Waals surface area (Å²) in [6.07, 6.45) is -0.188. The van der Waals surface area contributed by atoms with Gasteiger partial charge in [0, 0.05) is 6.54 Å². The number of rotatable bonds is 8. The summed E-state index contributed by atoms with van der Waals surface area (Å²) in [6, 6.07) is 1.06. The molecule has 0 unspecified atom stereocenters. The van der Waals surface area contributed by atoms with Crippen LogP contribution in [0.15, 0.2) is 21.3 Å². The highest BCUT2D eigenvalue weighted by Gasteiger charge is 2.19. The molecule has 1 heterocycles. The molecule has 2 rings (SSSR count). The van der Waals surface area contributed by atoms with Crippen molar-refractivity contribution in [3.63, 3.8) is 0 Å². The van der Waals surface area contributed by atoms with Gasteiger partial charge in [0.25, 0.3) is 0 Å². The smallest absolute Gasteiger partial charge is 0.340 e. The van der Waals surface area contributed by atoms with E-state index in [-0.39, 0.29) is 36.3 Å². The van der Waals surface area contributed by atoms with Gasteiger partial charge in [0.15, 0.2) is 0 Å². The minimum atomic E-state index is -1.49. The molecule has 0 aliphatic carbocycles. The number of hydrogen-bond donors (Lipinski definition) is 4. The van der Waals surface area contributed by atoms with Crippen LogP contribution in [0.3, 0.4) is 0 Å². The Hall–Kier alpha value is -3.56. The van der Waals surface area contributed by atoms with Crippen molar-refractivity contribution in [1.29, 1.82) is 0 Å². The van der Waals surface area contributed by atoms with Crippen LogP contribution in [0, 0.1) is 13.8 Å². The quantitative estimate of drug-likeness (QED) is 0.333. The number of aromatic hydroxyl groups is 1. The molecule has 2 aromatic rings. The topological polar surface area (TPSA) is 175 Å². The van der Waals surface area contributed by atoms with E-state index in [0.717, 1.165) is 0 Å². The molecule has 156 valence electrons. The fourth-order valence-electron chi connectivity index (χ4n) is 3.03. The van der Waals surface area contributed by atoms with Gasteiger partial charge in [-0.25, -0.2) is 9.59 Å². The Kier molecular flexibility index (Phi) is 6.81. The fourth-order valence-corrected chi connectivity index (χ4v) is 3.03. The number of phenols is 1. The average Bonchev–Trinajstić information content (AvgIpc) is 2.59. The van der Waals surface area contributed by atoms with Crippen molar-refractivity contribution in [2.75, 3.05) is 6.54 Å². The zero-order chi connectivity index (χ0) is 21.7. The molecule has 5 N–H and O–H groups in total. The number of fused-ring (bicyclic) bond motifs is 1. The van der Waals surface area contributed by atoms with Crippen LogP contribution in [0.2, 0.25) is 0 Å². The number of carbonyl (C=O) groups excluding carboxylic acids is 3. The highest BCUT2D eigenvalue weighted by atomic mass is 16.4. The van der Waals surface area contributed by atoms with Gasteiger partial charge in [0.2, 0.25) is 5.91 Å². The number of nitrogens with one attached hydrogen (secondary N) is 2. The first-order valence-corrected chi connectivity index (χ1v) is 8.89. The maximum atomic E-state index is 12.3. The first-order chi connectivity index (χ1) is 13.6. The number of aliphatic carboxylic acids is 1. The van der Waals surface area contributed by atoms with Crippen molar-refractivity contribution in [2.24, 2.45) is 5.73 Å². The number of benzene rings is 1. The van der Waals surface area contributed by atoms with Crippen molar-refractivity contribution in [3.05, 3.63) is 39.2 Å². The van der Waals surface area contributed by atoms with Gasteiger partial charge < -0.3 is 35.8 Å². The molecule has 1 aromatic heterocycles.